The summed E-state index contributed by atoms with van der Waals surface area (Å²) in [6, 6.07) is 8.03. The third-order valence-electron chi connectivity index (χ3n) is 2.56. The van der Waals surface area contributed by atoms with E-state index in [4.69, 9.17) is 0 Å². The summed E-state index contributed by atoms with van der Waals surface area (Å²) in [5.41, 5.74) is 0.763. The first-order valence-corrected chi connectivity index (χ1v) is 7.13. The Balaban J connectivity index is 2.72. The Morgan fingerprint density at radius 2 is 1.94 bits per heavy atom. The molecule has 1 aromatic rings. The number of carbonyl (C=O) groups is 1. The summed E-state index contributed by atoms with van der Waals surface area (Å²) in [7, 11) is 1.89. The number of nitrogens with one attached hydrogen (secondary N) is 2. The average Bonchev–Trinajstić information content (AvgIpc) is 2.35. The predicted molar refractivity (Wildman–Crippen MR) is 78.3 cm³/mol. The van der Waals surface area contributed by atoms with E-state index < -0.39 is 0 Å². The molecule has 0 fully saturated rings. The summed E-state index contributed by atoms with van der Waals surface area (Å²) in [4.78, 5) is 13.2. The van der Waals surface area contributed by atoms with Gasteiger partial charge in [-0.05, 0) is 26.1 Å². The van der Waals surface area contributed by atoms with Crippen molar-refractivity contribution in [3.05, 3.63) is 29.8 Å². The van der Waals surface area contributed by atoms with Gasteiger partial charge in [0, 0.05) is 22.7 Å². The van der Waals surface area contributed by atoms with Gasteiger partial charge in [0.25, 0.3) is 5.91 Å². The molecule has 100 valence electrons. The van der Waals surface area contributed by atoms with Crippen molar-refractivity contribution in [2.45, 2.75) is 37.0 Å². The number of carbonyl (C=O) groups excluding carboxylic acids is 1. The lowest BCUT2D eigenvalue weighted by molar-refractivity contribution is 0.0947. The quantitative estimate of drug-likeness (QED) is 0.777. The van der Waals surface area contributed by atoms with E-state index in [0.717, 1.165) is 10.5 Å². The minimum Gasteiger partial charge on any atom is -0.350 e. The second-order valence-corrected chi connectivity index (χ2v) is 6.18. The molecule has 1 atom stereocenters. The first-order chi connectivity index (χ1) is 8.54. The second kappa shape index (κ2) is 7.44. The molecule has 0 saturated heterocycles. The van der Waals surface area contributed by atoms with E-state index in [2.05, 4.69) is 24.5 Å². The van der Waals surface area contributed by atoms with Crippen LogP contribution in [0.15, 0.2) is 29.2 Å². The van der Waals surface area contributed by atoms with Gasteiger partial charge in [-0.25, -0.2) is 0 Å². The minimum atomic E-state index is 0.000787. The molecule has 1 rings (SSSR count). The number of hydrogen-bond donors (Lipinski definition) is 2. The molecule has 0 aliphatic heterocycles. The van der Waals surface area contributed by atoms with Crippen molar-refractivity contribution in [2.75, 3.05) is 13.6 Å². The molecular formula is C14H22N2OS. The Bertz CT molecular complexity index is 393. The minimum absolute atomic E-state index is 0.000787. The number of thioether (sulfide) groups is 1. The molecule has 1 amide bonds. The van der Waals surface area contributed by atoms with Crippen LogP contribution in [-0.2, 0) is 0 Å². The highest BCUT2D eigenvalue weighted by atomic mass is 32.2. The zero-order valence-electron chi connectivity index (χ0n) is 11.5. The average molecular weight is 266 g/mol. The molecule has 0 heterocycles. The van der Waals surface area contributed by atoms with Crippen molar-refractivity contribution in [1.29, 1.82) is 0 Å². The Kier molecular flexibility index (Phi) is 6.22. The molecule has 1 aromatic carbocycles. The van der Waals surface area contributed by atoms with E-state index in [1.807, 2.05) is 38.2 Å². The molecule has 1 unspecified atom stereocenters. The maximum Gasteiger partial charge on any atom is 0.252 e. The monoisotopic (exact) mass is 266 g/mol. The van der Waals surface area contributed by atoms with Crippen LogP contribution in [0, 0.1) is 0 Å². The molecule has 0 spiro atoms. The maximum absolute atomic E-state index is 12.1. The standard InChI is InChI=1S/C14H22N2OS/c1-10(2)18-13-8-6-5-7-12(13)14(17)16-9-11(3)15-4/h5-8,10-11,15H,9H2,1-4H3,(H,16,17). The number of likely N-dealkylation sites (N-methyl/N-ethyl adjacent to an activating group) is 1. The number of benzene rings is 1. The van der Waals surface area contributed by atoms with E-state index in [9.17, 15) is 4.79 Å². The normalized spacial score (nSPS) is 12.5. The molecule has 0 radical (unpaired) electrons. The Labute approximate surface area is 114 Å². The van der Waals surface area contributed by atoms with E-state index in [0.29, 0.717) is 11.8 Å². The third kappa shape index (κ3) is 4.70. The second-order valence-electron chi connectivity index (χ2n) is 4.56. The molecule has 0 bridgehead atoms. The van der Waals surface area contributed by atoms with Crippen molar-refractivity contribution in [3.63, 3.8) is 0 Å². The SMILES string of the molecule is CNC(C)CNC(=O)c1ccccc1SC(C)C. The fraction of sp³-hybridized carbons (Fsp3) is 0.500. The van der Waals surface area contributed by atoms with Gasteiger partial charge in [0.15, 0.2) is 0 Å². The summed E-state index contributed by atoms with van der Waals surface area (Å²) >= 11 is 1.72. The summed E-state index contributed by atoms with van der Waals surface area (Å²) in [6.45, 7) is 6.93. The molecular weight excluding hydrogens is 244 g/mol. The van der Waals surface area contributed by atoms with E-state index in [1.165, 1.54) is 0 Å². The lowest BCUT2D eigenvalue weighted by Gasteiger charge is -2.14. The van der Waals surface area contributed by atoms with Crippen LogP contribution in [0.3, 0.4) is 0 Å². The summed E-state index contributed by atoms with van der Waals surface area (Å²) < 4.78 is 0. The van der Waals surface area contributed by atoms with Gasteiger partial charge in [0.05, 0.1) is 5.56 Å². The molecule has 2 N–H and O–H groups in total. The molecule has 4 heteroatoms. The van der Waals surface area contributed by atoms with Gasteiger partial charge in [-0.3, -0.25) is 4.79 Å². The van der Waals surface area contributed by atoms with Crippen molar-refractivity contribution in [2.24, 2.45) is 0 Å². The topological polar surface area (TPSA) is 41.1 Å². The number of amides is 1. The molecule has 0 saturated carbocycles. The van der Waals surface area contributed by atoms with Gasteiger partial charge >= 0.3 is 0 Å². The highest BCUT2D eigenvalue weighted by Crippen LogP contribution is 2.26. The molecule has 18 heavy (non-hydrogen) atoms. The van der Waals surface area contributed by atoms with Crippen molar-refractivity contribution in [1.82, 2.24) is 10.6 Å². The number of rotatable bonds is 6. The van der Waals surface area contributed by atoms with E-state index in [-0.39, 0.29) is 11.9 Å². The predicted octanol–water partition coefficient (Wildman–Crippen LogP) is 2.52. The zero-order valence-corrected chi connectivity index (χ0v) is 12.3. The lowest BCUT2D eigenvalue weighted by atomic mass is 10.2. The first kappa shape index (κ1) is 15.1. The van der Waals surface area contributed by atoms with Crippen LogP contribution in [0.25, 0.3) is 0 Å². The summed E-state index contributed by atoms with van der Waals surface area (Å²) in [6.07, 6.45) is 0. The highest BCUT2D eigenvalue weighted by molar-refractivity contribution is 8.00. The third-order valence-corrected chi connectivity index (χ3v) is 3.64. The number of hydrogen-bond acceptors (Lipinski definition) is 3. The van der Waals surface area contributed by atoms with Gasteiger partial charge in [-0.1, -0.05) is 26.0 Å². The van der Waals surface area contributed by atoms with Crippen LogP contribution in [-0.4, -0.2) is 30.8 Å². The van der Waals surface area contributed by atoms with Gasteiger partial charge in [-0.2, -0.15) is 0 Å². The fourth-order valence-electron chi connectivity index (χ4n) is 1.45. The van der Waals surface area contributed by atoms with Crippen LogP contribution < -0.4 is 10.6 Å². The largest absolute Gasteiger partial charge is 0.350 e. The van der Waals surface area contributed by atoms with Crippen LogP contribution in [0.5, 0.6) is 0 Å². The molecule has 0 aliphatic rings. The van der Waals surface area contributed by atoms with Gasteiger partial charge in [0.2, 0.25) is 0 Å². The Hall–Kier alpha value is -1.00. The van der Waals surface area contributed by atoms with Crippen molar-refractivity contribution < 1.29 is 4.79 Å². The summed E-state index contributed by atoms with van der Waals surface area (Å²) in [5, 5.41) is 6.51. The van der Waals surface area contributed by atoms with Crippen LogP contribution in [0.2, 0.25) is 0 Å². The van der Waals surface area contributed by atoms with Crippen molar-refractivity contribution >= 4 is 17.7 Å². The summed E-state index contributed by atoms with van der Waals surface area (Å²) in [5.74, 6) is 0.000787. The Morgan fingerprint density at radius 3 is 2.56 bits per heavy atom. The highest BCUT2D eigenvalue weighted by Gasteiger charge is 2.12. The molecule has 0 aromatic heterocycles. The Morgan fingerprint density at radius 1 is 1.28 bits per heavy atom. The van der Waals surface area contributed by atoms with E-state index in [1.54, 1.807) is 11.8 Å². The van der Waals surface area contributed by atoms with Crippen LogP contribution in [0.4, 0.5) is 0 Å². The van der Waals surface area contributed by atoms with Crippen LogP contribution >= 0.6 is 11.8 Å². The van der Waals surface area contributed by atoms with Gasteiger partial charge in [0.1, 0.15) is 0 Å². The van der Waals surface area contributed by atoms with Crippen LogP contribution in [0.1, 0.15) is 31.1 Å². The van der Waals surface area contributed by atoms with Gasteiger partial charge < -0.3 is 10.6 Å². The maximum atomic E-state index is 12.1. The van der Waals surface area contributed by atoms with E-state index >= 15 is 0 Å². The zero-order chi connectivity index (χ0) is 13.5. The van der Waals surface area contributed by atoms with Gasteiger partial charge in [-0.15, -0.1) is 11.8 Å². The smallest absolute Gasteiger partial charge is 0.252 e. The lowest BCUT2D eigenvalue weighted by Crippen LogP contribution is -2.37. The first-order valence-electron chi connectivity index (χ1n) is 6.25. The van der Waals surface area contributed by atoms with Crippen molar-refractivity contribution in [3.8, 4) is 0 Å². The molecule has 0 aliphatic carbocycles. The molecule has 3 nitrogen and oxygen atoms in total. The fourth-order valence-corrected chi connectivity index (χ4v) is 2.41.